The van der Waals surface area contributed by atoms with Crippen LogP contribution in [-0.2, 0) is 6.42 Å². The molecular formula is C25H25BrSSi. The molecule has 1 heterocycles. The van der Waals surface area contributed by atoms with E-state index in [0.29, 0.717) is 5.25 Å². The minimum atomic E-state index is -1.76. The molecule has 5 rings (SSSR count). The molecule has 0 bridgehead atoms. The van der Waals surface area contributed by atoms with Crippen molar-refractivity contribution in [2.45, 2.75) is 45.5 Å². The van der Waals surface area contributed by atoms with E-state index < -0.39 is 8.07 Å². The van der Waals surface area contributed by atoms with Gasteiger partial charge in [0.15, 0.2) is 0 Å². The second-order valence-corrected chi connectivity index (χ2v) is 15.4. The summed E-state index contributed by atoms with van der Waals surface area (Å²) in [6.07, 6.45) is 8.59. The van der Waals surface area contributed by atoms with Gasteiger partial charge in [0.2, 0.25) is 0 Å². The molecule has 0 fully saturated rings. The topological polar surface area (TPSA) is 0 Å². The lowest BCUT2D eigenvalue weighted by Gasteiger charge is -2.32. The number of hydrogen-bond donors (Lipinski definition) is 0. The Morgan fingerprint density at radius 2 is 1.79 bits per heavy atom. The maximum Gasteiger partial charge on any atom is 0.109 e. The number of rotatable bonds is 2. The van der Waals surface area contributed by atoms with Gasteiger partial charge >= 0.3 is 0 Å². The van der Waals surface area contributed by atoms with Crippen LogP contribution in [0.25, 0.3) is 6.08 Å². The highest BCUT2D eigenvalue weighted by Crippen LogP contribution is 2.54. The largest absolute Gasteiger partial charge is 0.118 e. The molecule has 0 N–H and O–H groups in total. The van der Waals surface area contributed by atoms with Gasteiger partial charge in [-0.2, -0.15) is 0 Å². The molecule has 28 heavy (non-hydrogen) atoms. The van der Waals surface area contributed by atoms with Gasteiger partial charge in [-0.05, 0) is 86.6 Å². The van der Waals surface area contributed by atoms with Gasteiger partial charge in [-0.1, -0.05) is 66.4 Å². The Bertz CT molecular complexity index is 1120. The summed E-state index contributed by atoms with van der Waals surface area (Å²) in [6, 6.07) is 8.89. The van der Waals surface area contributed by atoms with Crippen molar-refractivity contribution in [2.75, 3.05) is 0 Å². The molecule has 142 valence electrons. The van der Waals surface area contributed by atoms with Crippen LogP contribution in [0.15, 0.2) is 84.1 Å². The molecular weight excluding hydrogens is 440 g/mol. The molecule has 1 unspecified atom stereocenters. The van der Waals surface area contributed by atoms with Crippen molar-refractivity contribution < 1.29 is 0 Å². The molecule has 1 aromatic carbocycles. The molecule has 1 aliphatic heterocycles. The summed E-state index contributed by atoms with van der Waals surface area (Å²) in [4.78, 5) is 1.46. The molecule has 1 atom stereocenters. The Morgan fingerprint density at radius 3 is 2.54 bits per heavy atom. The average Bonchev–Trinajstić information content (AvgIpc) is 3.30. The molecule has 0 spiro atoms. The zero-order chi connectivity index (χ0) is 19.8. The normalized spacial score (nSPS) is 23.6. The summed E-state index contributed by atoms with van der Waals surface area (Å²) in [6.45, 7) is 11.9. The van der Waals surface area contributed by atoms with Gasteiger partial charge in [0.1, 0.15) is 8.07 Å². The van der Waals surface area contributed by atoms with Gasteiger partial charge in [0.25, 0.3) is 0 Å². The van der Waals surface area contributed by atoms with Gasteiger partial charge in [-0.25, -0.2) is 0 Å². The van der Waals surface area contributed by atoms with E-state index in [4.69, 9.17) is 0 Å². The first-order valence-electron chi connectivity index (χ1n) is 9.98. The fraction of sp³-hybridized carbons (Fsp3) is 0.280. The molecule has 0 radical (unpaired) electrons. The van der Waals surface area contributed by atoms with E-state index in [-0.39, 0.29) is 0 Å². The lowest BCUT2D eigenvalue weighted by molar-refractivity contribution is 1.18. The summed E-state index contributed by atoms with van der Waals surface area (Å²) in [5, 5.41) is 3.76. The Balaban J connectivity index is 1.57. The van der Waals surface area contributed by atoms with Gasteiger partial charge in [0.05, 0.1) is 5.25 Å². The van der Waals surface area contributed by atoms with E-state index in [1.54, 1.807) is 10.4 Å². The summed E-state index contributed by atoms with van der Waals surface area (Å²) in [5.74, 6) is 0. The van der Waals surface area contributed by atoms with Crippen LogP contribution in [0.5, 0.6) is 0 Å². The highest BCUT2D eigenvalue weighted by atomic mass is 79.9. The number of thioether (sulfide) groups is 1. The van der Waals surface area contributed by atoms with Crippen LogP contribution in [0.2, 0.25) is 13.1 Å². The average molecular weight is 466 g/mol. The minimum Gasteiger partial charge on any atom is -0.118 e. The van der Waals surface area contributed by atoms with Crippen molar-refractivity contribution in [3.05, 3.63) is 95.2 Å². The van der Waals surface area contributed by atoms with Crippen LogP contribution in [0.1, 0.15) is 31.9 Å². The Morgan fingerprint density at radius 1 is 1.04 bits per heavy atom. The van der Waals surface area contributed by atoms with E-state index in [1.165, 1.54) is 48.4 Å². The van der Waals surface area contributed by atoms with E-state index in [2.05, 4.69) is 92.3 Å². The molecule has 0 saturated carbocycles. The SMILES string of the molecule is CC1=C([Si](C)(C)C2=Cc3ccccc3C2)C2=CC3SC(C)=C(C)C3=C(Br)C2=C1. The zero-order valence-electron chi connectivity index (χ0n) is 17.1. The van der Waals surface area contributed by atoms with Crippen molar-refractivity contribution in [2.24, 2.45) is 0 Å². The van der Waals surface area contributed by atoms with Crippen molar-refractivity contribution in [1.82, 2.24) is 0 Å². The molecule has 0 nitrogen and oxygen atoms in total. The Labute approximate surface area is 182 Å². The Hall–Kier alpha value is -1.29. The zero-order valence-corrected chi connectivity index (χ0v) is 20.5. The predicted octanol–water partition coefficient (Wildman–Crippen LogP) is 7.67. The first-order valence-corrected chi connectivity index (χ1v) is 14.7. The number of fused-ring (bicyclic) bond motifs is 3. The van der Waals surface area contributed by atoms with Gasteiger partial charge in [-0.3, -0.25) is 0 Å². The second-order valence-electron chi connectivity index (χ2n) is 8.81. The predicted molar refractivity (Wildman–Crippen MR) is 130 cm³/mol. The number of hydrogen-bond acceptors (Lipinski definition) is 1. The molecule has 0 saturated heterocycles. The monoisotopic (exact) mass is 464 g/mol. The standard InChI is InChI=1S/C25H25BrSSi/c1-14-10-20-21(13-22-23(24(20)26)15(2)16(3)27-22)25(14)28(4,5)19-11-17-8-6-7-9-18(17)12-19/h6-11,13,22H,12H2,1-5H3. The third-order valence-corrected chi connectivity index (χ3v) is 12.8. The third kappa shape index (κ3) is 2.56. The smallest absolute Gasteiger partial charge is 0.109 e. The summed E-state index contributed by atoms with van der Waals surface area (Å²) >= 11 is 6.01. The molecule has 0 aromatic heterocycles. The number of halogens is 1. The maximum absolute atomic E-state index is 4.00. The molecule has 4 aliphatic rings. The summed E-state index contributed by atoms with van der Waals surface area (Å²) in [5.41, 5.74) is 10.2. The third-order valence-electron chi connectivity index (χ3n) is 6.82. The van der Waals surface area contributed by atoms with E-state index in [1.807, 2.05) is 11.8 Å². The van der Waals surface area contributed by atoms with Crippen LogP contribution >= 0.6 is 27.7 Å². The minimum absolute atomic E-state index is 0.460. The van der Waals surface area contributed by atoms with Crippen LogP contribution in [0.3, 0.4) is 0 Å². The van der Waals surface area contributed by atoms with Crippen LogP contribution in [0.4, 0.5) is 0 Å². The molecule has 3 aliphatic carbocycles. The molecule has 1 aromatic rings. The van der Waals surface area contributed by atoms with Crippen molar-refractivity contribution in [3.8, 4) is 0 Å². The fourth-order valence-electron chi connectivity index (χ4n) is 5.18. The summed E-state index contributed by atoms with van der Waals surface area (Å²) in [7, 11) is -1.76. The number of allylic oxidation sites excluding steroid dienone is 9. The van der Waals surface area contributed by atoms with E-state index >= 15 is 0 Å². The van der Waals surface area contributed by atoms with Crippen molar-refractivity contribution in [3.63, 3.8) is 0 Å². The van der Waals surface area contributed by atoms with Crippen LogP contribution in [0, 0.1) is 0 Å². The quantitative estimate of drug-likeness (QED) is 0.404. The maximum atomic E-state index is 4.00. The Kier molecular flexibility index (Phi) is 4.25. The highest BCUT2D eigenvalue weighted by molar-refractivity contribution is 9.12. The van der Waals surface area contributed by atoms with Gasteiger partial charge < -0.3 is 0 Å². The van der Waals surface area contributed by atoms with Gasteiger partial charge in [-0.15, -0.1) is 11.8 Å². The lowest BCUT2D eigenvalue weighted by atomic mass is 9.92. The summed E-state index contributed by atoms with van der Waals surface area (Å²) < 4.78 is 1.32. The fourth-order valence-corrected chi connectivity index (χ4v) is 10.9. The van der Waals surface area contributed by atoms with Crippen molar-refractivity contribution in [1.29, 1.82) is 0 Å². The first-order chi connectivity index (χ1) is 13.3. The van der Waals surface area contributed by atoms with Crippen molar-refractivity contribution >= 4 is 41.8 Å². The number of benzene rings is 1. The molecule has 0 amide bonds. The molecule has 3 heteroatoms. The van der Waals surface area contributed by atoms with Gasteiger partial charge in [0, 0.05) is 4.48 Å². The van der Waals surface area contributed by atoms with Crippen LogP contribution < -0.4 is 0 Å². The first kappa shape index (κ1) is 18.7. The second kappa shape index (κ2) is 6.35. The van der Waals surface area contributed by atoms with Crippen LogP contribution in [-0.4, -0.2) is 13.3 Å². The van der Waals surface area contributed by atoms with E-state index in [0.717, 1.165) is 6.42 Å². The highest BCUT2D eigenvalue weighted by Gasteiger charge is 2.42. The lowest BCUT2D eigenvalue weighted by Crippen LogP contribution is -2.34. The van der Waals surface area contributed by atoms with E-state index in [9.17, 15) is 0 Å².